The molecule has 2 unspecified atom stereocenters. The average Bonchev–Trinajstić information content (AvgIpc) is 3.12. The number of hydrogen-bond acceptors (Lipinski definition) is 2. The number of aromatic nitrogens is 1. The molecule has 1 aliphatic heterocycles. The standard InChI is InChI=1S/C26H33N3O/c1-18-7-9-21(10-8-18)22-11-12-24-23(17-28-25(24)15-22)16-26(30)27-13-14-29-19(2)5-4-6-20(29)3/h7-12,15,17,19-20,28H,4-6,13-14,16H2,1-3H3,(H,27,30). The minimum absolute atomic E-state index is 0.0934. The minimum atomic E-state index is 0.0934. The van der Waals surface area contributed by atoms with Crippen LogP contribution in [0.5, 0.6) is 0 Å². The van der Waals surface area contributed by atoms with Crippen LogP contribution < -0.4 is 5.32 Å². The van der Waals surface area contributed by atoms with Crippen LogP contribution >= 0.6 is 0 Å². The normalized spacial score (nSPS) is 19.8. The third-order valence-corrected chi connectivity index (χ3v) is 6.57. The van der Waals surface area contributed by atoms with Crippen molar-refractivity contribution in [3.8, 4) is 11.1 Å². The number of amides is 1. The summed E-state index contributed by atoms with van der Waals surface area (Å²) in [5, 5.41) is 4.25. The van der Waals surface area contributed by atoms with Crippen LogP contribution in [-0.2, 0) is 11.2 Å². The van der Waals surface area contributed by atoms with Gasteiger partial charge in [0.1, 0.15) is 0 Å². The van der Waals surface area contributed by atoms with Crippen LogP contribution in [0.3, 0.4) is 0 Å². The highest BCUT2D eigenvalue weighted by Crippen LogP contribution is 2.26. The maximum Gasteiger partial charge on any atom is 0.224 e. The smallest absolute Gasteiger partial charge is 0.224 e. The molecule has 1 fully saturated rings. The van der Waals surface area contributed by atoms with Gasteiger partial charge in [0.15, 0.2) is 0 Å². The number of aromatic amines is 1. The number of benzene rings is 2. The largest absolute Gasteiger partial charge is 0.361 e. The Morgan fingerprint density at radius 3 is 2.50 bits per heavy atom. The second-order valence-electron chi connectivity index (χ2n) is 8.83. The van der Waals surface area contributed by atoms with Crippen molar-refractivity contribution in [3.63, 3.8) is 0 Å². The molecule has 30 heavy (non-hydrogen) atoms. The molecule has 0 saturated carbocycles. The molecule has 0 spiro atoms. The van der Waals surface area contributed by atoms with Gasteiger partial charge in [-0.05, 0) is 56.4 Å². The number of nitrogens with zero attached hydrogens (tertiary/aromatic N) is 1. The number of nitrogens with one attached hydrogen (secondary N) is 2. The molecular formula is C26H33N3O. The lowest BCUT2D eigenvalue weighted by Crippen LogP contribution is -2.47. The van der Waals surface area contributed by atoms with Crippen LogP contribution in [0.15, 0.2) is 48.7 Å². The summed E-state index contributed by atoms with van der Waals surface area (Å²) in [5.74, 6) is 0.0934. The SMILES string of the molecule is Cc1ccc(-c2ccc3c(CC(=O)NCCN4C(C)CCCC4C)c[nH]c3c2)cc1. The van der Waals surface area contributed by atoms with Gasteiger partial charge in [-0.15, -0.1) is 0 Å². The van der Waals surface area contributed by atoms with Gasteiger partial charge >= 0.3 is 0 Å². The van der Waals surface area contributed by atoms with E-state index in [4.69, 9.17) is 0 Å². The predicted octanol–water partition coefficient (Wildman–Crippen LogP) is 5.06. The van der Waals surface area contributed by atoms with Crippen LogP contribution in [-0.4, -0.2) is 41.0 Å². The summed E-state index contributed by atoms with van der Waals surface area (Å²) in [6, 6.07) is 16.2. The second kappa shape index (κ2) is 9.05. The molecule has 4 rings (SSSR count). The van der Waals surface area contributed by atoms with E-state index in [1.165, 1.54) is 36.0 Å². The monoisotopic (exact) mass is 403 g/mol. The first kappa shape index (κ1) is 20.7. The van der Waals surface area contributed by atoms with Crippen LogP contribution in [0.2, 0.25) is 0 Å². The molecule has 1 saturated heterocycles. The molecule has 0 bridgehead atoms. The lowest BCUT2D eigenvalue weighted by atomic mass is 9.98. The summed E-state index contributed by atoms with van der Waals surface area (Å²) in [5.41, 5.74) is 5.78. The molecule has 2 N–H and O–H groups in total. The number of H-pyrrole nitrogens is 1. The van der Waals surface area contributed by atoms with Gasteiger partial charge in [0, 0.05) is 42.3 Å². The first-order chi connectivity index (χ1) is 14.5. The molecule has 4 heteroatoms. The highest BCUT2D eigenvalue weighted by molar-refractivity contribution is 5.91. The van der Waals surface area contributed by atoms with E-state index in [0.717, 1.165) is 23.0 Å². The van der Waals surface area contributed by atoms with Gasteiger partial charge in [0.25, 0.3) is 0 Å². The van der Waals surface area contributed by atoms with E-state index in [9.17, 15) is 4.79 Å². The van der Waals surface area contributed by atoms with Crippen LogP contribution in [0, 0.1) is 6.92 Å². The molecule has 2 heterocycles. The van der Waals surface area contributed by atoms with Crippen molar-refractivity contribution in [1.29, 1.82) is 0 Å². The number of fused-ring (bicyclic) bond motifs is 1. The van der Waals surface area contributed by atoms with Gasteiger partial charge < -0.3 is 10.3 Å². The number of rotatable bonds is 6. The Labute approximate surface area is 179 Å². The van der Waals surface area contributed by atoms with Gasteiger partial charge in [-0.25, -0.2) is 0 Å². The molecule has 0 aliphatic carbocycles. The fourth-order valence-corrected chi connectivity index (χ4v) is 4.73. The number of carbonyl (C=O) groups is 1. The van der Waals surface area contributed by atoms with Gasteiger partial charge in [0.05, 0.1) is 6.42 Å². The van der Waals surface area contributed by atoms with Crippen LogP contribution in [0.4, 0.5) is 0 Å². The lowest BCUT2D eigenvalue weighted by molar-refractivity contribution is -0.120. The Hall–Kier alpha value is -2.59. The fraction of sp³-hybridized carbons (Fsp3) is 0.423. The number of carbonyl (C=O) groups excluding carboxylic acids is 1. The number of aryl methyl sites for hydroxylation is 1. The van der Waals surface area contributed by atoms with Crippen molar-refractivity contribution in [2.75, 3.05) is 13.1 Å². The number of likely N-dealkylation sites (tertiary alicyclic amines) is 1. The van der Waals surface area contributed by atoms with E-state index < -0.39 is 0 Å². The molecule has 2 atom stereocenters. The topological polar surface area (TPSA) is 48.1 Å². The van der Waals surface area contributed by atoms with E-state index in [-0.39, 0.29) is 5.91 Å². The molecule has 2 aromatic carbocycles. The molecule has 0 radical (unpaired) electrons. The zero-order chi connectivity index (χ0) is 21.1. The maximum absolute atomic E-state index is 12.5. The lowest BCUT2D eigenvalue weighted by Gasteiger charge is -2.39. The molecule has 158 valence electrons. The highest BCUT2D eigenvalue weighted by atomic mass is 16.1. The van der Waals surface area contributed by atoms with Crippen molar-refractivity contribution in [2.45, 2.75) is 58.5 Å². The summed E-state index contributed by atoms with van der Waals surface area (Å²) in [4.78, 5) is 18.4. The van der Waals surface area contributed by atoms with E-state index in [1.54, 1.807) is 0 Å². The molecule has 3 aromatic rings. The quantitative estimate of drug-likeness (QED) is 0.604. The van der Waals surface area contributed by atoms with Gasteiger partial charge in [-0.1, -0.05) is 48.4 Å². The Morgan fingerprint density at radius 2 is 1.77 bits per heavy atom. The second-order valence-corrected chi connectivity index (χ2v) is 8.83. The van der Waals surface area contributed by atoms with Crippen LogP contribution in [0.25, 0.3) is 22.0 Å². The fourth-order valence-electron chi connectivity index (χ4n) is 4.73. The van der Waals surface area contributed by atoms with Gasteiger partial charge in [-0.2, -0.15) is 0 Å². The molecule has 1 aliphatic rings. The van der Waals surface area contributed by atoms with Crippen molar-refractivity contribution >= 4 is 16.8 Å². The summed E-state index contributed by atoms with van der Waals surface area (Å²) in [6.07, 6.45) is 6.22. The molecule has 4 nitrogen and oxygen atoms in total. The van der Waals surface area contributed by atoms with Crippen LogP contribution in [0.1, 0.15) is 44.2 Å². The van der Waals surface area contributed by atoms with Crippen molar-refractivity contribution in [3.05, 3.63) is 59.8 Å². The van der Waals surface area contributed by atoms with Gasteiger partial charge in [0.2, 0.25) is 5.91 Å². The summed E-state index contributed by atoms with van der Waals surface area (Å²) >= 11 is 0. The summed E-state index contributed by atoms with van der Waals surface area (Å²) in [7, 11) is 0. The third-order valence-electron chi connectivity index (χ3n) is 6.57. The van der Waals surface area contributed by atoms with Gasteiger partial charge in [-0.3, -0.25) is 9.69 Å². The molecule has 1 amide bonds. The Morgan fingerprint density at radius 1 is 1.07 bits per heavy atom. The van der Waals surface area contributed by atoms with Crippen molar-refractivity contribution in [1.82, 2.24) is 15.2 Å². The Bertz CT molecular complexity index is 995. The highest BCUT2D eigenvalue weighted by Gasteiger charge is 2.24. The van der Waals surface area contributed by atoms with E-state index in [1.807, 2.05) is 6.20 Å². The number of hydrogen-bond donors (Lipinski definition) is 2. The molecular weight excluding hydrogens is 370 g/mol. The van der Waals surface area contributed by atoms with E-state index in [0.29, 0.717) is 25.0 Å². The predicted molar refractivity (Wildman–Crippen MR) is 125 cm³/mol. The zero-order valence-electron chi connectivity index (χ0n) is 18.4. The Kier molecular flexibility index (Phi) is 6.24. The first-order valence-electron chi connectivity index (χ1n) is 11.2. The maximum atomic E-state index is 12.5. The summed E-state index contributed by atoms with van der Waals surface area (Å²) < 4.78 is 0. The van der Waals surface area contributed by atoms with E-state index >= 15 is 0 Å². The number of piperidine rings is 1. The molecule has 1 aromatic heterocycles. The minimum Gasteiger partial charge on any atom is -0.361 e. The van der Waals surface area contributed by atoms with Crippen molar-refractivity contribution in [2.24, 2.45) is 0 Å². The van der Waals surface area contributed by atoms with E-state index in [2.05, 4.69) is 78.4 Å². The first-order valence-corrected chi connectivity index (χ1v) is 11.2. The third kappa shape index (κ3) is 4.59. The summed E-state index contributed by atoms with van der Waals surface area (Å²) in [6.45, 7) is 8.35. The Balaban J connectivity index is 1.36. The van der Waals surface area contributed by atoms with Crippen molar-refractivity contribution < 1.29 is 4.79 Å². The zero-order valence-corrected chi connectivity index (χ0v) is 18.4. The average molecular weight is 404 g/mol.